The van der Waals surface area contributed by atoms with E-state index in [1.54, 1.807) is 0 Å². The zero-order valence-electron chi connectivity index (χ0n) is 12.3. The maximum Gasteiger partial charge on any atom is 0.226 e. The summed E-state index contributed by atoms with van der Waals surface area (Å²) in [5.74, 6) is 0.0674. The highest BCUT2D eigenvalue weighted by Gasteiger charge is 2.25. The molecule has 0 fully saturated rings. The minimum atomic E-state index is 0.0674. The maximum absolute atomic E-state index is 12.1. The number of nitrogens with zero attached hydrogens (tertiary/aromatic N) is 1. The fourth-order valence-electron chi connectivity index (χ4n) is 2.94. The highest BCUT2D eigenvalue weighted by molar-refractivity contribution is 5.91. The summed E-state index contributed by atoms with van der Waals surface area (Å²) in [6.07, 6.45) is 1.57. The molecule has 0 aliphatic carbocycles. The van der Waals surface area contributed by atoms with Crippen LogP contribution in [-0.2, 0) is 11.2 Å². The van der Waals surface area contributed by atoms with E-state index in [2.05, 4.69) is 41.4 Å². The first kappa shape index (κ1) is 13.7. The molecule has 0 saturated carbocycles. The SMILES string of the molecule is C[C@H]1Cc2ccccc2N1CCC(=O)Nc1ccccc1. The van der Waals surface area contributed by atoms with Crippen molar-refractivity contribution in [2.45, 2.75) is 25.8 Å². The number of rotatable bonds is 4. The lowest BCUT2D eigenvalue weighted by atomic mass is 10.1. The molecule has 1 N–H and O–H groups in total. The van der Waals surface area contributed by atoms with Crippen LogP contribution < -0.4 is 10.2 Å². The molecule has 1 aliphatic heterocycles. The Bertz CT molecular complexity index is 624. The van der Waals surface area contributed by atoms with Gasteiger partial charge in [0.15, 0.2) is 0 Å². The summed E-state index contributed by atoms with van der Waals surface area (Å²) in [4.78, 5) is 14.4. The number of hydrogen-bond acceptors (Lipinski definition) is 2. The molecule has 0 spiro atoms. The lowest BCUT2D eigenvalue weighted by Gasteiger charge is -2.24. The maximum atomic E-state index is 12.1. The molecule has 108 valence electrons. The van der Waals surface area contributed by atoms with E-state index in [-0.39, 0.29) is 5.91 Å². The number of amides is 1. The Hall–Kier alpha value is -2.29. The molecule has 1 atom stereocenters. The van der Waals surface area contributed by atoms with Crippen LogP contribution in [0.1, 0.15) is 18.9 Å². The predicted octanol–water partition coefficient (Wildman–Crippen LogP) is 3.47. The Morgan fingerprint density at radius 2 is 1.86 bits per heavy atom. The first-order valence-electron chi connectivity index (χ1n) is 7.43. The van der Waals surface area contributed by atoms with Crippen LogP contribution in [0.15, 0.2) is 54.6 Å². The van der Waals surface area contributed by atoms with Crippen LogP contribution in [0.3, 0.4) is 0 Å². The van der Waals surface area contributed by atoms with Crippen molar-refractivity contribution in [3.63, 3.8) is 0 Å². The third-order valence-electron chi connectivity index (χ3n) is 3.99. The van der Waals surface area contributed by atoms with Gasteiger partial charge in [0.05, 0.1) is 0 Å². The van der Waals surface area contributed by atoms with Crippen molar-refractivity contribution in [2.75, 3.05) is 16.8 Å². The third-order valence-corrected chi connectivity index (χ3v) is 3.99. The van der Waals surface area contributed by atoms with E-state index < -0.39 is 0 Å². The Kier molecular flexibility index (Phi) is 3.91. The fourth-order valence-corrected chi connectivity index (χ4v) is 2.94. The molecule has 0 aromatic heterocycles. The largest absolute Gasteiger partial charge is 0.368 e. The molecular weight excluding hydrogens is 260 g/mol. The normalized spacial score (nSPS) is 16.6. The number of hydrogen-bond donors (Lipinski definition) is 1. The molecule has 0 unspecified atom stereocenters. The number of benzene rings is 2. The molecule has 1 aliphatic rings. The van der Waals surface area contributed by atoms with Gasteiger partial charge >= 0.3 is 0 Å². The van der Waals surface area contributed by atoms with E-state index in [9.17, 15) is 4.79 Å². The molecule has 0 radical (unpaired) electrons. The second-order valence-electron chi connectivity index (χ2n) is 5.54. The van der Waals surface area contributed by atoms with Crippen LogP contribution in [0.25, 0.3) is 0 Å². The van der Waals surface area contributed by atoms with Crippen molar-refractivity contribution < 1.29 is 4.79 Å². The average molecular weight is 280 g/mol. The summed E-state index contributed by atoms with van der Waals surface area (Å²) in [7, 11) is 0. The summed E-state index contributed by atoms with van der Waals surface area (Å²) < 4.78 is 0. The van der Waals surface area contributed by atoms with Gasteiger partial charge in [-0.1, -0.05) is 36.4 Å². The van der Waals surface area contributed by atoms with Crippen molar-refractivity contribution in [3.8, 4) is 0 Å². The van der Waals surface area contributed by atoms with Gasteiger partial charge in [0, 0.05) is 30.4 Å². The lowest BCUT2D eigenvalue weighted by Crippen LogP contribution is -2.32. The predicted molar refractivity (Wildman–Crippen MR) is 86.6 cm³/mol. The first-order valence-corrected chi connectivity index (χ1v) is 7.43. The van der Waals surface area contributed by atoms with Gasteiger partial charge in [0.25, 0.3) is 0 Å². The Morgan fingerprint density at radius 3 is 2.67 bits per heavy atom. The van der Waals surface area contributed by atoms with Gasteiger partial charge in [0.1, 0.15) is 0 Å². The molecule has 21 heavy (non-hydrogen) atoms. The van der Waals surface area contributed by atoms with E-state index >= 15 is 0 Å². The van der Waals surface area contributed by atoms with Crippen LogP contribution in [0, 0.1) is 0 Å². The Balaban J connectivity index is 1.59. The topological polar surface area (TPSA) is 32.3 Å². The standard InChI is InChI=1S/C18H20N2O/c1-14-13-15-7-5-6-10-17(15)20(14)12-11-18(21)19-16-8-3-2-4-9-16/h2-10,14H,11-13H2,1H3,(H,19,21)/t14-/m0/s1. The van der Waals surface area contributed by atoms with Gasteiger partial charge in [0.2, 0.25) is 5.91 Å². The summed E-state index contributed by atoms with van der Waals surface area (Å²) in [5.41, 5.74) is 3.52. The third kappa shape index (κ3) is 3.07. The van der Waals surface area contributed by atoms with Gasteiger partial charge in [-0.2, -0.15) is 0 Å². The lowest BCUT2D eigenvalue weighted by molar-refractivity contribution is -0.116. The monoisotopic (exact) mass is 280 g/mol. The van der Waals surface area contributed by atoms with E-state index in [0.717, 1.165) is 18.7 Å². The molecule has 3 nitrogen and oxygen atoms in total. The van der Waals surface area contributed by atoms with Crippen LogP contribution in [0.2, 0.25) is 0 Å². The fraction of sp³-hybridized carbons (Fsp3) is 0.278. The molecule has 0 bridgehead atoms. The molecule has 1 amide bonds. The van der Waals surface area contributed by atoms with E-state index in [1.807, 2.05) is 30.3 Å². The zero-order valence-corrected chi connectivity index (χ0v) is 12.3. The van der Waals surface area contributed by atoms with Crippen molar-refractivity contribution in [2.24, 2.45) is 0 Å². The Labute approximate surface area is 125 Å². The summed E-state index contributed by atoms with van der Waals surface area (Å²) in [6.45, 7) is 2.98. The number of nitrogens with one attached hydrogen (secondary N) is 1. The van der Waals surface area contributed by atoms with E-state index in [4.69, 9.17) is 0 Å². The second-order valence-corrected chi connectivity index (χ2v) is 5.54. The number of para-hydroxylation sites is 2. The van der Waals surface area contributed by atoms with E-state index in [1.165, 1.54) is 11.3 Å². The van der Waals surface area contributed by atoms with Crippen molar-refractivity contribution in [1.29, 1.82) is 0 Å². The van der Waals surface area contributed by atoms with Gasteiger partial charge < -0.3 is 10.2 Å². The molecule has 1 heterocycles. The number of anilines is 2. The number of carbonyl (C=O) groups is 1. The second kappa shape index (κ2) is 6.00. The minimum Gasteiger partial charge on any atom is -0.368 e. The molecule has 2 aromatic carbocycles. The van der Waals surface area contributed by atoms with Crippen molar-refractivity contribution >= 4 is 17.3 Å². The zero-order chi connectivity index (χ0) is 14.7. The highest BCUT2D eigenvalue weighted by atomic mass is 16.1. The van der Waals surface area contributed by atoms with Gasteiger partial charge in [-0.15, -0.1) is 0 Å². The number of carbonyl (C=O) groups excluding carboxylic acids is 1. The van der Waals surface area contributed by atoms with E-state index in [0.29, 0.717) is 12.5 Å². The molecule has 3 rings (SSSR count). The Morgan fingerprint density at radius 1 is 1.14 bits per heavy atom. The highest BCUT2D eigenvalue weighted by Crippen LogP contribution is 2.31. The molecule has 2 aromatic rings. The quantitative estimate of drug-likeness (QED) is 0.930. The minimum absolute atomic E-state index is 0.0674. The van der Waals surface area contributed by atoms with Gasteiger partial charge in [-0.3, -0.25) is 4.79 Å². The number of fused-ring (bicyclic) bond motifs is 1. The smallest absolute Gasteiger partial charge is 0.226 e. The van der Waals surface area contributed by atoms with Crippen molar-refractivity contribution in [1.82, 2.24) is 0 Å². The molecular formula is C18H20N2O. The van der Waals surface area contributed by atoms with Gasteiger partial charge in [-0.25, -0.2) is 0 Å². The first-order chi connectivity index (χ1) is 10.2. The molecule has 0 saturated heterocycles. The van der Waals surface area contributed by atoms with Crippen LogP contribution >= 0.6 is 0 Å². The summed E-state index contributed by atoms with van der Waals surface area (Å²) in [6, 6.07) is 18.5. The summed E-state index contributed by atoms with van der Waals surface area (Å²) in [5, 5.41) is 2.94. The molecule has 3 heteroatoms. The van der Waals surface area contributed by atoms with Crippen LogP contribution in [0.4, 0.5) is 11.4 Å². The summed E-state index contributed by atoms with van der Waals surface area (Å²) >= 11 is 0. The van der Waals surface area contributed by atoms with Crippen LogP contribution in [-0.4, -0.2) is 18.5 Å². The van der Waals surface area contributed by atoms with Gasteiger partial charge in [-0.05, 0) is 37.1 Å². The van der Waals surface area contributed by atoms with Crippen molar-refractivity contribution in [3.05, 3.63) is 60.2 Å². The average Bonchev–Trinajstić information content (AvgIpc) is 2.81. The van der Waals surface area contributed by atoms with Crippen LogP contribution in [0.5, 0.6) is 0 Å².